The third kappa shape index (κ3) is 7.49. The molecule has 0 saturated heterocycles. The van der Waals surface area contributed by atoms with E-state index >= 15 is 0 Å². The van der Waals surface area contributed by atoms with Crippen molar-refractivity contribution in [1.29, 1.82) is 0 Å². The topological polar surface area (TPSA) is 76.6 Å². The lowest BCUT2D eigenvalue weighted by atomic mass is 10.1. The largest absolute Gasteiger partial charge is 0.485 e. The molecule has 0 unspecified atom stereocenters. The number of amides is 1. The molecule has 0 aliphatic rings. The summed E-state index contributed by atoms with van der Waals surface area (Å²) in [4.78, 5) is 27.4. The number of aryl methyl sites for hydroxylation is 2. The quantitative estimate of drug-likeness (QED) is 0.125. The highest BCUT2D eigenvalue weighted by molar-refractivity contribution is 5.94. The van der Waals surface area contributed by atoms with Gasteiger partial charge in [0.15, 0.2) is 22.8 Å². The van der Waals surface area contributed by atoms with Crippen molar-refractivity contribution < 1.29 is 14.3 Å². The van der Waals surface area contributed by atoms with Gasteiger partial charge in [-0.2, -0.15) is 0 Å². The number of pyridine rings is 2. The first kappa shape index (κ1) is 33.6. The number of carbonyl (C=O) groups excluding carboxylic acids is 1. The molecule has 0 atom stereocenters. The van der Waals surface area contributed by atoms with Gasteiger partial charge in [-0.1, -0.05) is 84.9 Å². The Labute approximate surface area is 298 Å². The number of aromatic nitrogens is 4. The van der Waals surface area contributed by atoms with Gasteiger partial charge in [0, 0.05) is 39.1 Å². The van der Waals surface area contributed by atoms with Crippen LogP contribution in [0.1, 0.15) is 49.8 Å². The minimum atomic E-state index is -0.0963. The Morgan fingerprint density at radius 2 is 1.10 bits per heavy atom. The number of benzene rings is 3. The molecule has 51 heavy (non-hydrogen) atoms. The predicted molar refractivity (Wildman–Crippen MR) is 199 cm³/mol. The Bertz CT molecular complexity index is 2260. The average Bonchev–Trinajstić information content (AvgIpc) is 3.66. The molecular weight excluding hydrogens is 637 g/mol. The fraction of sp³-hybridized carbons (Fsp3) is 0.214. The monoisotopic (exact) mass is 678 g/mol. The highest BCUT2D eigenvalue weighted by atomic mass is 16.5. The fourth-order valence-electron chi connectivity index (χ4n) is 6.40. The molecule has 258 valence electrons. The van der Waals surface area contributed by atoms with Crippen molar-refractivity contribution in [3.05, 3.63) is 167 Å². The van der Waals surface area contributed by atoms with Gasteiger partial charge < -0.3 is 14.4 Å². The number of hydrogen-bond acceptors (Lipinski definition) is 6. The first-order valence-corrected chi connectivity index (χ1v) is 17.1. The van der Waals surface area contributed by atoms with Crippen LogP contribution >= 0.6 is 0 Å². The average molecular weight is 679 g/mol. The normalized spacial score (nSPS) is 11.4. The van der Waals surface area contributed by atoms with Crippen molar-refractivity contribution in [2.75, 3.05) is 14.1 Å². The van der Waals surface area contributed by atoms with Crippen LogP contribution in [0.15, 0.2) is 122 Å². The number of carbonyl (C=O) groups is 1. The number of nitrogens with zero attached hydrogens (tertiary/aromatic N) is 6. The van der Waals surface area contributed by atoms with Gasteiger partial charge in [-0.15, -0.1) is 0 Å². The Morgan fingerprint density at radius 3 is 1.69 bits per heavy atom. The molecule has 0 aliphatic carbocycles. The summed E-state index contributed by atoms with van der Waals surface area (Å²) in [6, 6.07) is 36.4. The summed E-state index contributed by atoms with van der Waals surface area (Å²) in [6.07, 6.45) is 3.91. The molecule has 4 aromatic heterocycles. The van der Waals surface area contributed by atoms with Gasteiger partial charge in [0.25, 0.3) is 5.91 Å². The van der Waals surface area contributed by atoms with Gasteiger partial charge in [0.2, 0.25) is 0 Å². The Morgan fingerprint density at radius 1 is 0.588 bits per heavy atom. The highest BCUT2D eigenvalue weighted by Gasteiger charge is 2.22. The van der Waals surface area contributed by atoms with Crippen LogP contribution in [0.25, 0.3) is 11.3 Å². The summed E-state index contributed by atoms with van der Waals surface area (Å²) in [5, 5.41) is 0. The lowest BCUT2D eigenvalue weighted by molar-refractivity contribution is 0.0777. The van der Waals surface area contributed by atoms with Crippen LogP contribution in [0.5, 0.6) is 11.5 Å². The summed E-state index contributed by atoms with van der Waals surface area (Å²) in [5.41, 5.74) is 9.20. The van der Waals surface area contributed by atoms with E-state index in [0.29, 0.717) is 42.5 Å². The first-order valence-electron chi connectivity index (χ1n) is 17.1. The van der Waals surface area contributed by atoms with E-state index in [4.69, 9.17) is 19.4 Å². The highest BCUT2D eigenvalue weighted by Crippen LogP contribution is 2.26. The van der Waals surface area contributed by atoms with Crippen LogP contribution in [0.2, 0.25) is 0 Å². The molecule has 0 saturated carbocycles. The summed E-state index contributed by atoms with van der Waals surface area (Å²) in [6.45, 7) is 6.81. The second-order valence-electron chi connectivity index (χ2n) is 13.0. The van der Waals surface area contributed by atoms with Crippen LogP contribution in [0, 0.1) is 13.8 Å². The molecule has 7 rings (SSSR count). The van der Waals surface area contributed by atoms with Crippen molar-refractivity contribution in [1.82, 2.24) is 28.6 Å². The Balaban J connectivity index is 0.976. The molecule has 0 aliphatic heterocycles. The van der Waals surface area contributed by atoms with Gasteiger partial charge in [0.05, 0.1) is 17.1 Å². The molecule has 0 bridgehead atoms. The summed E-state index contributed by atoms with van der Waals surface area (Å²) in [5.74, 6) is 1.31. The number of fused-ring (bicyclic) bond motifs is 2. The van der Waals surface area contributed by atoms with Crippen LogP contribution in [-0.2, 0) is 32.8 Å². The Hall–Kier alpha value is -5.93. The van der Waals surface area contributed by atoms with E-state index < -0.39 is 0 Å². The maximum atomic E-state index is 13.7. The summed E-state index contributed by atoms with van der Waals surface area (Å²) < 4.78 is 16.2. The third-order valence-electron chi connectivity index (χ3n) is 9.04. The lowest BCUT2D eigenvalue weighted by Crippen LogP contribution is -2.28. The van der Waals surface area contributed by atoms with E-state index in [9.17, 15) is 4.79 Å². The molecular formula is C42H42N6O3. The Kier molecular flexibility index (Phi) is 9.81. The molecule has 0 N–H and O–H groups in total. The van der Waals surface area contributed by atoms with E-state index in [1.165, 1.54) is 5.56 Å². The zero-order chi connectivity index (χ0) is 35.3. The molecule has 9 heteroatoms. The van der Waals surface area contributed by atoms with E-state index in [0.717, 1.165) is 52.6 Å². The second kappa shape index (κ2) is 14.9. The maximum absolute atomic E-state index is 13.7. The van der Waals surface area contributed by atoms with E-state index in [1.807, 2.05) is 104 Å². The van der Waals surface area contributed by atoms with Gasteiger partial charge in [-0.05, 0) is 67.4 Å². The predicted octanol–water partition coefficient (Wildman–Crippen LogP) is 7.66. The zero-order valence-electron chi connectivity index (χ0n) is 29.5. The molecule has 4 heterocycles. The smallest absolute Gasteiger partial charge is 0.272 e. The molecule has 3 aromatic carbocycles. The van der Waals surface area contributed by atoms with Crippen LogP contribution in [0.4, 0.5) is 0 Å². The minimum absolute atomic E-state index is 0.0963. The molecule has 1 amide bonds. The van der Waals surface area contributed by atoms with E-state index in [2.05, 4.69) is 59.7 Å². The summed E-state index contributed by atoms with van der Waals surface area (Å²) in [7, 11) is 3.94. The minimum Gasteiger partial charge on any atom is -0.485 e. The van der Waals surface area contributed by atoms with Crippen LogP contribution in [0.3, 0.4) is 0 Å². The number of rotatable bonds is 13. The van der Waals surface area contributed by atoms with E-state index in [-0.39, 0.29) is 5.91 Å². The van der Waals surface area contributed by atoms with Gasteiger partial charge >= 0.3 is 0 Å². The van der Waals surface area contributed by atoms with E-state index in [1.54, 1.807) is 4.90 Å². The number of imidazole rings is 2. The molecule has 0 spiro atoms. The van der Waals surface area contributed by atoms with Gasteiger partial charge in [-0.25, -0.2) is 9.97 Å². The van der Waals surface area contributed by atoms with Crippen LogP contribution in [-0.4, -0.2) is 48.6 Å². The summed E-state index contributed by atoms with van der Waals surface area (Å²) >= 11 is 0. The van der Waals surface area contributed by atoms with Crippen molar-refractivity contribution in [2.45, 2.75) is 46.7 Å². The van der Waals surface area contributed by atoms with Crippen molar-refractivity contribution in [2.24, 2.45) is 0 Å². The van der Waals surface area contributed by atoms with Gasteiger partial charge in [0.1, 0.15) is 18.9 Å². The lowest BCUT2D eigenvalue weighted by Gasteiger charge is -2.19. The third-order valence-corrected chi connectivity index (χ3v) is 9.04. The fourth-order valence-corrected chi connectivity index (χ4v) is 6.40. The van der Waals surface area contributed by atoms with Crippen molar-refractivity contribution in [3.63, 3.8) is 0 Å². The first-order chi connectivity index (χ1) is 24.8. The second-order valence-corrected chi connectivity index (χ2v) is 13.0. The number of hydrogen-bond donors (Lipinski definition) is 0. The van der Waals surface area contributed by atoms with Crippen molar-refractivity contribution in [3.8, 4) is 11.5 Å². The standard InChI is InChI=1S/C42H42N6O3/c1-30-36(47-23-11-17-37(40(47)43-30)50-28-34-13-7-5-8-14-34)27-45(3)25-32-19-21-33(22-20-32)26-46(4)42(49)39-31(2)44-41-38(18-12-24-48(39)41)51-29-35-15-9-6-10-16-35/h5-24H,25-29H2,1-4H3. The molecule has 0 fully saturated rings. The molecule has 7 aromatic rings. The van der Waals surface area contributed by atoms with Gasteiger partial charge in [-0.3, -0.25) is 18.5 Å². The molecule has 0 radical (unpaired) electrons. The zero-order valence-corrected chi connectivity index (χ0v) is 29.5. The maximum Gasteiger partial charge on any atom is 0.272 e. The van der Waals surface area contributed by atoms with Crippen LogP contribution < -0.4 is 9.47 Å². The SMILES string of the molecule is Cc1nc2c(OCc3ccccc3)cccn2c1CN(C)Cc1ccc(CN(C)C(=O)c2c(C)nc3c(OCc4ccccc4)cccn23)cc1. The van der Waals surface area contributed by atoms with Crippen molar-refractivity contribution >= 4 is 17.2 Å². The molecule has 9 nitrogen and oxygen atoms in total. The number of ether oxygens (including phenoxy) is 2.